The van der Waals surface area contributed by atoms with Crippen molar-refractivity contribution in [2.24, 2.45) is 5.92 Å². The van der Waals surface area contributed by atoms with Gasteiger partial charge in [-0.3, -0.25) is 0 Å². The number of hydrogen-bond donors (Lipinski definition) is 1. The third-order valence-corrected chi connectivity index (χ3v) is 3.52. The van der Waals surface area contributed by atoms with Gasteiger partial charge in [0.15, 0.2) is 11.5 Å². The van der Waals surface area contributed by atoms with Crippen LogP contribution in [-0.4, -0.2) is 33.5 Å². The number of methoxy groups -OCH3 is 1. The highest BCUT2D eigenvalue weighted by molar-refractivity contribution is 9.10. The largest absolute Gasteiger partial charge is 0.486 e. The van der Waals surface area contributed by atoms with Crippen molar-refractivity contribution in [3.63, 3.8) is 0 Å². The van der Waals surface area contributed by atoms with Crippen LogP contribution in [0.4, 0.5) is 0 Å². The van der Waals surface area contributed by atoms with Crippen LogP contribution in [0.3, 0.4) is 0 Å². The van der Waals surface area contributed by atoms with Crippen molar-refractivity contribution < 1.29 is 14.2 Å². The molecule has 0 radical (unpaired) electrons. The summed E-state index contributed by atoms with van der Waals surface area (Å²) in [7, 11) is 1.73. The first-order valence-electron chi connectivity index (χ1n) is 6.48. The van der Waals surface area contributed by atoms with Crippen LogP contribution in [0, 0.1) is 5.92 Å². The van der Waals surface area contributed by atoms with E-state index < -0.39 is 0 Å². The maximum Gasteiger partial charge on any atom is 0.175 e. The topological polar surface area (TPSA) is 39.7 Å². The molecule has 106 valence electrons. The molecule has 0 bridgehead atoms. The molecule has 0 spiro atoms. The lowest BCUT2D eigenvalue weighted by Gasteiger charge is -2.20. The lowest BCUT2D eigenvalue weighted by Crippen LogP contribution is -2.23. The van der Waals surface area contributed by atoms with Crippen molar-refractivity contribution in [1.29, 1.82) is 0 Å². The summed E-state index contributed by atoms with van der Waals surface area (Å²) in [5, 5.41) is 3.42. The fraction of sp³-hybridized carbons (Fsp3) is 0.571. The quantitative estimate of drug-likeness (QED) is 0.870. The van der Waals surface area contributed by atoms with Crippen LogP contribution in [0.1, 0.15) is 12.5 Å². The Bertz CT molecular complexity index is 425. The van der Waals surface area contributed by atoms with Crippen LogP contribution in [0.2, 0.25) is 0 Å². The highest BCUT2D eigenvalue weighted by atomic mass is 79.9. The van der Waals surface area contributed by atoms with Gasteiger partial charge in [-0.2, -0.15) is 0 Å². The molecule has 0 aliphatic carbocycles. The van der Waals surface area contributed by atoms with Gasteiger partial charge in [-0.05, 0) is 39.5 Å². The Balaban J connectivity index is 1.92. The number of nitrogens with one attached hydrogen (secondary N) is 1. The van der Waals surface area contributed by atoms with Crippen LogP contribution in [0.25, 0.3) is 0 Å². The number of ether oxygens (including phenoxy) is 3. The molecule has 4 nitrogen and oxygen atoms in total. The summed E-state index contributed by atoms with van der Waals surface area (Å²) in [4.78, 5) is 0. The molecular weight excluding hydrogens is 310 g/mol. The SMILES string of the molecule is COCC(C)CNCc1cc(Br)c2c(c1)OCCO2. The second-order valence-electron chi connectivity index (χ2n) is 4.79. The normalized spacial score (nSPS) is 15.3. The Kier molecular flexibility index (Phi) is 5.48. The number of rotatable bonds is 6. The van der Waals surface area contributed by atoms with E-state index in [9.17, 15) is 0 Å². The number of hydrogen-bond acceptors (Lipinski definition) is 4. The maximum atomic E-state index is 5.61. The van der Waals surface area contributed by atoms with Gasteiger partial charge in [0.05, 0.1) is 4.47 Å². The number of benzene rings is 1. The van der Waals surface area contributed by atoms with Crippen LogP contribution >= 0.6 is 15.9 Å². The molecule has 1 aromatic carbocycles. The fourth-order valence-electron chi connectivity index (χ4n) is 2.07. The Labute approximate surface area is 122 Å². The van der Waals surface area contributed by atoms with Gasteiger partial charge in [0, 0.05) is 26.8 Å². The Morgan fingerprint density at radius 1 is 1.37 bits per heavy atom. The Hall–Kier alpha value is -0.780. The molecule has 0 aromatic heterocycles. The molecule has 1 heterocycles. The molecule has 1 aliphatic rings. The minimum Gasteiger partial charge on any atom is -0.486 e. The molecule has 0 saturated carbocycles. The summed E-state index contributed by atoms with van der Waals surface area (Å²) < 4.78 is 17.2. The van der Waals surface area contributed by atoms with Crippen LogP contribution in [-0.2, 0) is 11.3 Å². The summed E-state index contributed by atoms with van der Waals surface area (Å²) in [6.07, 6.45) is 0. The summed E-state index contributed by atoms with van der Waals surface area (Å²) >= 11 is 3.53. The fourth-order valence-corrected chi connectivity index (χ4v) is 2.68. The molecular formula is C14H20BrNO3. The second-order valence-corrected chi connectivity index (χ2v) is 5.65. The highest BCUT2D eigenvalue weighted by Gasteiger charge is 2.16. The first kappa shape index (κ1) is 14.6. The second kappa shape index (κ2) is 7.12. The van der Waals surface area contributed by atoms with Gasteiger partial charge < -0.3 is 19.5 Å². The molecule has 0 fully saturated rings. The first-order valence-corrected chi connectivity index (χ1v) is 7.27. The van der Waals surface area contributed by atoms with Crippen LogP contribution in [0.5, 0.6) is 11.5 Å². The lowest BCUT2D eigenvalue weighted by atomic mass is 10.1. The molecule has 1 aromatic rings. The zero-order valence-electron chi connectivity index (χ0n) is 11.4. The van der Waals surface area contributed by atoms with Gasteiger partial charge in [0.1, 0.15) is 13.2 Å². The standard InChI is InChI=1S/C14H20BrNO3/c1-10(9-17-2)7-16-8-11-5-12(15)14-13(6-11)18-3-4-19-14/h5-6,10,16H,3-4,7-9H2,1-2H3. The average Bonchev–Trinajstić information content (AvgIpc) is 2.39. The van der Waals surface area contributed by atoms with Crippen molar-refractivity contribution in [2.45, 2.75) is 13.5 Å². The van der Waals surface area contributed by atoms with Crippen molar-refractivity contribution in [3.05, 3.63) is 22.2 Å². The Morgan fingerprint density at radius 3 is 2.95 bits per heavy atom. The average molecular weight is 330 g/mol. The van der Waals surface area contributed by atoms with E-state index >= 15 is 0 Å². The van der Waals surface area contributed by atoms with Crippen molar-refractivity contribution in [2.75, 3.05) is 33.5 Å². The van der Waals surface area contributed by atoms with E-state index in [4.69, 9.17) is 14.2 Å². The van der Waals surface area contributed by atoms with E-state index in [1.807, 2.05) is 6.07 Å². The Morgan fingerprint density at radius 2 is 2.16 bits per heavy atom. The zero-order chi connectivity index (χ0) is 13.7. The van der Waals surface area contributed by atoms with Gasteiger partial charge in [-0.1, -0.05) is 6.92 Å². The molecule has 19 heavy (non-hydrogen) atoms. The summed E-state index contributed by atoms with van der Waals surface area (Å²) in [5.41, 5.74) is 1.18. The minimum absolute atomic E-state index is 0.505. The number of halogens is 1. The zero-order valence-corrected chi connectivity index (χ0v) is 13.0. The first-order chi connectivity index (χ1) is 9.20. The predicted molar refractivity (Wildman–Crippen MR) is 77.9 cm³/mol. The molecule has 5 heteroatoms. The summed E-state index contributed by atoms with van der Waals surface area (Å²) in [6.45, 7) is 5.90. The van der Waals surface area contributed by atoms with Crippen molar-refractivity contribution in [1.82, 2.24) is 5.32 Å². The van der Waals surface area contributed by atoms with Crippen LogP contribution in [0.15, 0.2) is 16.6 Å². The summed E-state index contributed by atoms with van der Waals surface area (Å²) in [6, 6.07) is 4.11. The van der Waals surface area contributed by atoms with E-state index in [-0.39, 0.29) is 0 Å². The monoisotopic (exact) mass is 329 g/mol. The molecule has 1 N–H and O–H groups in total. The molecule has 1 unspecified atom stereocenters. The van der Waals surface area contributed by atoms with Gasteiger partial charge in [0.25, 0.3) is 0 Å². The highest BCUT2D eigenvalue weighted by Crippen LogP contribution is 2.38. The third-order valence-electron chi connectivity index (χ3n) is 2.93. The molecule has 1 atom stereocenters. The van der Waals surface area contributed by atoms with Crippen molar-refractivity contribution >= 4 is 15.9 Å². The molecule has 1 aliphatic heterocycles. The van der Waals surface area contributed by atoms with E-state index in [1.165, 1.54) is 5.56 Å². The van der Waals surface area contributed by atoms with E-state index in [0.29, 0.717) is 19.1 Å². The lowest BCUT2D eigenvalue weighted by molar-refractivity contribution is 0.158. The van der Waals surface area contributed by atoms with Gasteiger partial charge >= 0.3 is 0 Å². The third kappa shape index (κ3) is 4.09. The van der Waals surface area contributed by atoms with Gasteiger partial charge in [-0.15, -0.1) is 0 Å². The smallest absolute Gasteiger partial charge is 0.175 e. The van der Waals surface area contributed by atoms with E-state index in [1.54, 1.807) is 7.11 Å². The molecule has 2 rings (SSSR count). The molecule has 0 saturated heterocycles. The van der Waals surface area contributed by atoms with Gasteiger partial charge in [0.2, 0.25) is 0 Å². The maximum absolute atomic E-state index is 5.61. The molecule has 0 amide bonds. The number of fused-ring (bicyclic) bond motifs is 1. The minimum atomic E-state index is 0.505. The van der Waals surface area contributed by atoms with Crippen molar-refractivity contribution in [3.8, 4) is 11.5 Å². The van der Waals surface area contributed by atoms with E-state index in [2.05, 4.69) is 34.2 Å². The predicted octanol–water partition coefficient (Wildman–Crippen LogP) is 2.59. The van der Waals surface area contributed by atoms with Gasteiger partial charge in [-0.25, -0.2) is 0 Å². The summed E-state index contributed by atoms with van der Waals surface area (Å²) in [5.74, 6) is 2.13. The van der Waals surface area contributed by atoms with Crippen LogP contribution < -0.4 is 14.8 Å². The van der Waals surface area contributed by atoms with E-state index in [0.717, 1.165) is 35.7 Å².